The van der Waals surface area contributed by atoms with Gasteiger partial charge in [-0.3, -0.25) is 4.79 Å². The summed E-state index contributed by atoms with van der Waals surface area (Å²) in [6.07, 6.45) is 0.960. The van der Waals surface area contributed by atoms with E-state index >= 15 is 0 Å². The van der Waals surface area contributed by atoms with E-state index in [-0.39, 0.29) is 18.3 Å². The molecule has 0 bridgehead atoms. The second-order valence-corrected chi connectivity index (χ2v) is 5.08. The van der Waals surface area contributed by atoms with Crippen molar-refractivity contribution in [2.24, 2.45) is 11.7 Å². The zero-order valence-electron chi connectivity index (χ0n) is 11.6. The number of hydrogen-bond acceptors (Lipinski definition) is 4. The summed E-state index contributed by atoms with van der Waals surface area (Å²) < 4.78 is 5.19. The highest BCUT2D eigenvalue weighted by atomic mass is 35.5. The Morgan fingerprint density at radius 2 is 2.14 bits per heavy atom. The topological polar surface area (TPSA) is 72.4 Å². The summed E-state index contributed by atoms with van der Waals surface area (Å²) in [5, 5.41) is 3.97. The fraction of sp³-hybridized carbons (Fsp3) is 0.333. The van der Waals surface area contributed by atoms with Crippen LogP contribution in [0.5, 0.6) is 0 Å². The normalized spacial score (nSPS) is 17.6. The minimum atomic E-state index is -0.101. The number of carbonyl (C=O) groups is 1. The van der Waals surface area contributed by atoms with Crippen LogP contribution in [0.1, 0.15) is 17.0 Å². The van der Waals surface area contributed by atoms with Gasteiger partial charge in [0.25, 0.3) is 5.91 Å². The standard InChI is InChI=1S/C15H17N3O2.ClH/c16-9-11-6-7-18(10-11)15(19)14-8-13(17-20-14)12-4-2-1-3-5-12;/h1-5,8,11H,6-7,9-10,16H2;1H. The molecule has 1 saturated heterocycles. The molecule has 1 unspecified atom stereocenters. The maximum atomic E-state index is 12.3. The maximum Gasteiger partial charge on any atom is 0.292 e. The Bertz CT molecular complexity index is 600. The van der Waals surface area contributed by atoms with Crippen LogP contribution in [-0.4, -0.2) is 35.6 Å². The first-order chi connectivity index (χ1) is 9.78. The van der Waals surface area contributed by atoms with Gasteiger partial charge in [0.05, 0.1) is 0 Å². The fourth-order valence-electron chi connectivity index (χ4n) is 2.49. The number of halogens is 1. The molecule has 2 aromatic rings. The molecule has 1 aliphatic rings. The lowest BCUT2D eigenvalue weighted by Crippen LogP contribution is -2.29. The van der Waals surface area contributed by atoms with Crippen molar-refractivity contribution in [3.8, 4) is 11.3 Å². The van der Waals surface area contributed by atoms with Gasteiger partial charge < -0.3 is 15.2 Å². The quantitative estimate of drug-likeness (QED) is 0.943. The lowest BCUT2D eigenvalue weighted by molar-refractivity contribution is 0.0746. The molecular formula is C15H18ClN3O2. The third-order valence-electron chi connectivity index (χ3n) is 3.70. The Balaban J connectivity index is 0.00000161. The van der Waals surface area contributed by atoms with Crippen LogP contribution in [0.4, 0.5) is 0 Å². The van der Waals surface area contributed by atoms with Gasteiger partial charge in [0, 0.05) is 24.7 Å². The number of nitrogens with two attached hydrogens (primary N) is 1. The molecule has 1 aromatic carbocycles. The molecule has 112 valence electrons. The molecule has 0 saturated carbocycles. The van der Waals surface area contributed by atoms with E-state index in [2.05, 4.69) is 5.16 Å². The predicted molar refractivity (Wildman–Crippen MR) is 82.3 cm³/mol. The van der Waals surface area contributed by atoms with Crippen molar-refractivity contribution in [2.45, 2.75) is 6.42 Å². The Hall–Kier alpha value is -1.85. The van der Waals surface area contributed by atoms with Crippen molar-refractivity contribution in [3.63, 3.8) is 0 Å². The lowest BCUT2D eigenvalue weighted by Gasteiger charge is -2.13. The van der Waals surface area contributed by atoms with Gasteiger partial charge in [-0.1, -0.05) is 35.5 Å². The van der Waals surface area contributed by atoms with Gasteiger partial charge in [-0.25, -0.2) is 0 Å². The highest BCUT2D eigenvalue weighted by Gasteiger charge is 2.28. The molecule has 0 spiro atoms. The minimum absolute atomic E-state index is 0. The molecule has 1 atom stereocenters. The van der Waals surface area contributed by atoms with Gasteiger partial charge in [0.15, 0.2) is 0 Å². The molecule has 6 heteroatoms. The molecule has 1 amide bonds. The molecule has 1 fully saturated rings. The highest BCUT2D eigenvalue weighted by molar-refractivity contribution is 5.92. The molecule has 5 nitrogen and oxygen atoms in total. The molecular weight excluding hydrogens is 290 g/mol. The SMILES string of the molecule is Cl.NCC1CCN(C(=O)c2cc(-c3ccccc3)no2)C1. The van der Waals surface area contributed by atoms with Crippen molar-refractivity contribution in [2.75, 3.05) is 19.6 Å². The fourth-order valence-corrected chi connectivity index (χ4v) is 2.49. The summed E-state index contributed by atoms with van der Waals surface area (Å²) in [6.45, 7) is 2.06. The number of benzene rings is 1. The van der Waals surface area contributed by atoms with Crippen LogP contribution in [0.25, 0.3) is 11.3 Å². The first kappa shape index (κ1) is 15.5. The van der Waals surface area contributed by atoms with Gasteiger partial charge in [-0.2, -0.15) is 0 Å². The van der Waals surface area contributed by atoms with E-state index in [0.29, 0.717) is 30.5 Å². The van der Waals surface area contributed by atoms with E-state index < -0.39 is 0 Å². The second-order valence-electron chi connectivity index (χ2n) is 5.08. The number of amides is 1. The number of rotatable bonds is 3. The number of likely N-dealkylation sites (tertiary alicyclic amines) is 1. The number of hydrogen-bond donors (Lipinski definition) is 1. The van der Waals surface area contributed by atoms with E-state index in [9.17, 15) is 4.79 Å². The van der Waals surface area contributed by atoms with Crippen molar-refractivity contribution in [3.05, 3.63) is 42.2 Å². The molecule has 1 aromatic heterocycles. The van der Waals surface area contributed by atoms with Crippen LogP contribution in [0.3, 0.4) is 0 Å². The van der Waals surface area contributed by atoms with E-state index in [4.69, 9.17) is 10.3 Å². The monoisotopic (exact) mass is 307 g/mol. The van der Waals surface area contributed by atoms with E-state index in [1.165, 1.54) is 0 Å². The Morgan fingerprint density at radius 3 is 2.81 bits per heavy atom. The predicted octanol–water partition coefficient (Wildman–Crippen LogP) is 2.18. The first-order valence-electron chi connectivity index (χ1n) is 6.79. The summed E-state index contributed by atoms with van der Waals surface area (Å²) in [4.78, 5) is 14.1. The Morgan fingerprint density at radius 1 is 1.38 bits per heavy atom. The van der Waals surface area contributed by atoms with Crippen LogP contribution in [0.15, 0.2) is 40.9 Å². The first-order valence-corrected chi connectivity index (χ1v) is 6.79. The van der Waals surface area contributed by atoms with Crippen molar-refractivity contribution in [1.29, 1.82) is 0 Å². The number of nitrogens with zero attached hydrogens (tertiary/aromatic N) is 2. The van der Waals surface area contributed by atoms with E-state index in [1.54, 1.807) is 11.0 Å². The minimum Gasteiger partial charge on any atom is -0.350 e. The molecule has 3 rings (SSSR count). The van der Waals surface area contributed by atoms with Gasteiger partial charge in [0.1, 0.15) is 5.69 Å². The number of carbonyl (C=O) groups excluding carboxylic acids is 1. The molecule has 1 aliphatic heterocycles. The Kier molecular flexibility index (Phi) is 4.98. The molecule has 2 N–H and O–H groups in total. The van der Waals surface area contributed by atoms with Crippen LogP contribution in [0, 0.1) is 5.92 Å². The van der Waals surface area contributed by atoms with E-state index in [1.807, 2.05) is 30.3 Å². The summed E-state index contributed by atoms with van der Waals surface area (Å²) in [7, 11) is 0. The van der Waals surface area contributed by atoms with E-state index in [0.717, 1.165) is 18.5 Å². The molecule has 21 heavy (non-hydrogen) atoms. The molecule has 0 aliphatic carbocycles. The molecule has 0 radical (unpaired) electrons. The largest absolute Gasteiger partial charge is 0.350 e. The second kappa shape index (κ2) is 6.74. The lowest BCUT2D eigenvalue weighted by atomic mass is 10.1. The summed E-state index contributed by atoms with van der Waals surface area (Å²) >= 11 is 0. The highest BCUT2D eigenvalue weighted by Crippen LogP contribution is 2.22. The Labute approximate surface area is 129 Å². The van der Waals surface area contributed by atoms with Crippen LogP contribution in [-0.2, 0) is 0 Å². The summed E-state index contributed by atoms with van der Waals surface area (Å²) in [5.41, 5.74) is 7.27. The smallest absolute Gasteiger partial charge is 0.292 e. The van der Waals surface area contributed by atoms with Gasteiger partial charge in [-0.05, 0) is 18.9 Å². The van der Waals surface area contributed by atoms with Gasteiger partial charge in [0.2, 0.25) is 5.76 Å². The average molecular weight is 308 g/mol. The third kappa shape index (κ3) is 3.25. The van der Waals surface area contributed by atoms with Gasteiger partial charge >= 0.3 is 0 Å². The summed E-state index contributed by atoms with van der Waals surface area (Å²) in [5.74, 6) is 0.590. The van der Waals surface area contributed by atoms with Crippen LogP contribution in [0.2, 0.25) is 0 Å². The summed E-state index contributed by atoms with van der Waals surface area (Å²) in [6, 6.07) is 11.4. The average Bonchev–Trinajstić information content (AvgIpc) is 3.17. The van der Waals surface area contributed by atoms with Crippen LogP contribution < -0.4 is 5.73 Å². The van der Waals surface area contributed by atoms with Crippen molar-refractivity contribution < 1.29 is 9.32 Å². The third-order valence-corrected chi connectivity index (χ3v) is 3.70. The van der Waals surface area contributed by atoms with Crippen LogP contribution >= 0.6 is 12.4 Å². The zero-order chi connectivity index (χ0) is 13.9. The van der Waals surface area contributed by atoms with Crippen molar-refractivity contribution >= 4 is 18.3 Å². The molecule has 2 heterocycles. The van der Waals surface area contributed by atoms with Crippen molar-refractivity contribution in [1.82, 2.24) is 10.1 Å². The zero-order valence-corrected chi connectivity index (χ0v) is 12.4. The van der Waals surface area contributed by atoms with Gasteiger partial charge in [-0.15, -0.1) is 12.4 Å². The number of aromatic nitrogens is 1. The maximum absolute atomic E-state index is 12.3.